The molecule has 0 bridgehead atoms. The van der Waals surface area contributed by atoms with Gasteiger partial charge in [0, 0.05) is 12.5 Å². The molecule has 0 aliphatic heterocycles. The average molecular weight is 264 g/mol. The van der Waals surface area contributed by atoms with E-state index in [1.165, 1.54) is 0 Å². The first-order valence-electron chi connectivity index (χ1n) is 6.14. The summed E-state index contributed by atoms with van der Waals surface area (Å²) in [5, 5.41) is 2.96. The minimum absolute atomic E-state index is 0.0173. The van der Waals surface area contributed by atoms with Crippen molar-refractivity contribution in [3.8, 4) is 0 Å². The van der Waals surface area contributed by atoms with E-state index in [1.54, 1.807) is 0 Å². The molecule has 0 saturated carbocycles. The number of benzene rings is 1. The van der Waals surface area contributed by atoms with Crippen LogP contribution in [0, 0.1) is 6.92 Å². The summed E-state index contributed by atoms with van der Waals surface area (Å²) in [6.45, 7) is 4.03. The highest BCUT2D eigenvalue weighted by Crippen LogP contribution is 2.05. The molecule has 0 fully saturated rings. The molecule has 3 N–H and O–H groups in total. The second kappa shape index (κ2) is 7.11. The Labute approximate surface area is 114 Å². The minimum atomic E-state index is 0.0173. The smallest absolute Gasteiger partial charge is 0.224 e. The number of carbonyl (C=O) groups is 1. The molecule has 1 rings (SSSR count). The van der Waals surface area contributed by atoms with Crippen molar-refractivity contribution in [1.82, 2.24) is 5.32 Å². The van der Waals surface area contributed by atoms with E-state index in [1.807, 2.05) is 38.1 Å². The van der Waals surface area contributed by atoms with Crippen molar-refractivity contribution in [3.63, 3.8) is 0 Å². The molecule has 1 atom stereocenters. The number of amides is 1. The number of thiocarbonyl (C=S) groups is 1. The first-order valence-corrected chi connectivity index (χ1v) is 6.55. The lowest BCUT2D eigenvalue weighted by Crippen LogP contribution is -2.37. The van der Waals surface area contributed by atoms with Gasteiger partial charge in [-0.3, -0.25) is 4.79 Å². The van der Waals surface area contributed by atoms with E-state index in [2.05, 4.69) is 5.32 Å². The number of nitrogens with one attached hydrogen (secondary N) is 1. The Hall–Kier alpha value is -1.42. The number of carbonyl (C=O) groups excluding carboxylic acids is 1. The second-order valence-corrected chi connectivity index (χ2v) is 5.03. The monoisotopic (exact) mass is 264 g/mol. The molecule has 1 amide bonds. The third-order valence-electron chi connectivity index (χ3n) is 2.75. The van der Waals surface area contributed by atoms with Crippen LogP contribution in [-0.4, -0.2) is 16.9 Å². The molecule has 3 nitrogen and oxygen atoms in total. The van der Waals surface area contributed by atoms with Crippen LogP contribution in [0.3, 0.4) is 0 Å². The van der Waals surface area contributed by atoms with Crippen LogP contribution < -0.4 is 11.1 Å². The maximum absolute atomic E-state index is 11.9. The van der Waals surface area contributed by atoms with E-state index in [9.17, 15) is 4.79 Å². The lowest BCUT2D eigenvalue weighted by Gasteiger charge is -2.16. The summed E-state index contributed by atoms with van der Waals surface area (Å²) in [5.41, 5.74) is 7.69. The van der Waals surface area contributed by atoms with Crippen molar-refractivity contribution in [3.05, 3.63) is 35.4 Å². The zero-order valence-electron chi connectivity index (χ0n) is 10.9. The van der Waals surface area contributed by atoms with Gasteiger partial charge in [-0.2, -0.15) is 0 Å². The normalized spacial score (nSPS) is 11.9. The number of hydrogen-bond donors (Lipinski definition) is 2. The number of rotatable bonds is 6. The molecule has 1 unspecified atom stereocenters. The number of nitrogens with two attached hydrogens (primary N) is 1. The average Bonchev–Trinajstić information content (AvgIpc) is 2.27. The fourth-order valence-corrected chi connectivity index (χ4v) is 2.03. The van der Waals surface area contributed by atoms with Gasteiger partial charge in [0.05, 0.1) is 11.4 Å². The summed E-state index contributed by atoms with van der Waals surface area (Å²) < 4.78 is 0. The summed E-state index contributed by atoms with van der Waals surface area (Å²) >= 11 is 4.86. The molecule has 1 aromatic carbocycles. The van der Waals surface area contributed by atoms with E-state index in [-0.39, 0.29) is 11.9 Å². The molecule has 0 radical (unpaired) electrons. The van der Waals surface area contributed by atoms with Crippen LogP contribution in [0.5, 0.6) is 0 Å². The molecule has 4 heteroatoms. The van der Waals surface area contributed by atoms with E-state index >= 15 is 0 Å². The minimum Gasteiger partial charge on any atom is -0.393 e. The van der Waals surface area contributed by atoms with Crippen molar-refractivity contribution in [2.75, 3.05) is 0 Å². The standard InChI is InChI=1S/C14H20N2OS/c1-3-12(9-13(15)18)16-14(17)8-11-6-4-5-10(2)7-11/h4-7,12H,3,8-9H2,1-2H3,(H2,15,18)(H,16,17). The molecule has 0 spiro atoms. The zero-order valence-corrected chi connectivity index (χ0v) is 11.7. The molecular weight excluding hydrogens is 244 g/mol. The maximum Gasteiger partial charge on any atom is 0.224 e. The van der Waals surface area contributed by atoms with Crippen molar-refractivity contribution < 1.29 is 4.79 Å². The molecule has 0 aliphatic rings. The van der Waals surface area contributed by atoms with Gasteiger partial charge in [-0.1, -0.05) is 49.0 Å². The van der Waals surface area contributed by atoms with E-state index < -0.39 is 0 Å². The van der Waals surface area contributed by atoms with E-state index in [0.29, 0.717) is 17.8 Å². The van der Waals surface area contributed by atoms with Gasteiger partial charge in [0.25, 0.3) is 0 Å². The van der Waals surface area contributed by atoms with Crippen molar-refractivity contribution >= 4 is 23.1 Å². The molecule has 1 aromatic rings. The predicted molar refractivity (Wildman–Crippen MR) is 78.5 cm³/mol. The van der Waals surface area contributed by atoms with E-state index in [0.717, 1.165) is 17.5 Å². The molecular formula is C14H20N2OS. The van der Waals surface area contributed by atoms with Crippen LogP contribution in [0.2, 0.25) is 0 Å². The Bertz CT molecular complexity index is 432. The van der Waals surface area contributed by atoms with Crippen molar-refractivity contribution in [2.45, 2.75) is 39.2 Å². The van der Waals surface area contributed by atoms with Gasteiger partial charge in [0.2, 0.25) is 5.91 Å². The van der Waals surface area contributed by atoms with Crippen LogP contribution in [0.15, 0.2) is 24.3 Å². The topological polar surface area (TPSA) is 55.1 Å². The summed E-state index contributed by atoms with van der Waals surface area (Å²) in [6, 6.07) is 8.00. The van der Waals surface area contributed by atoms with Crippen LogP contribution in [0.25, 0.3) is 0 Å². The largest absolute Gasteiger partial charge is 0.393 e. The Morgan fingerprint density at radius 2 is 2.22 bits per heavy atom. The quantitative estimate of drug-likeness (QED) is 0.774. The summed E-state index contributed by atoms with van der Waals surface area (Å²) in [4.78, 5) is 12.3. The molecule has 0 saturated heterocycles. The maximum atomic E-state index is 11.9. The molecule has 0 heterocycles. The highest BCUT2D eigenvalue weighted by molar-refractivity contribution is 7.80. The lowest BCUT2D eigenvalue weighted by molar-refractivity contribution is -0.121. The van der Waals surface area contributed by atoms with Gasteiger partial charge in [0.1, 0.15) is 0 Å². The summed E-state index contributed by atoms with van der Waals surface area (Å²) in [7, 11) is 0. The fraction of sp³-hybridized carbons (Fsp3) is 0.429. The second-order valence-electron chi connectivity index (χ2n) is 4.51. The Balaban J connectivity index is 2.52. The molecule has 0 aliphatic carbocycles. The third kappa shape index (κ3) is 5.27. The first kappa shape index (κ1) is 14.6. The third-order valence-corrected chi connectivity index (χ3v) is 2.92. The fourth-order valence-electron chi connectivity index (χ4n) is 1.83. The Morgan fingerprint density at radius 1 is 1.50 bits per heavy atom. The summed E-state index contributed by atoms with van der Waals surface area (Å²) in [6.07, 6.45) is 1.79. The van der Waals surface area contributed by atoms with Gasteiger partial charge < -0.3 is 11.1 Å². The molecule has 0 aromatic heterocycles. The van der Waals surface area contributed by atoms with Gasteiger partial charge in [-0.05, 0) is 18.9 Å². The SMILES string of the molecule is CCC(CC(N)=S)NC(=O)Cc1cccc(C)c1. The summed E-state index contributed by atoms with van der Waals surface area (Å²) in [5.74, 6) is 0.0173. The van der Waals surface area contributed by atoms with Gasteiger partial charge in [-0.25, -0.2) is 0 Å². The van der Waals surface area contributed by atoms with Crippen LogP contribution in [-0.2, 0) is 11.2 Å². The number of aryl methyl sites for hydroxylation is 1. The van der Waals surface area contributed by atoms with Crippen LogP contribution >= 0.6 is 12.2 Å². The van der Waals surface area contributed by atoms with Crippen LogP contribution in [0.1, 0.15) is 30.9 Å². The van der Waals surface area contributed by atoms with Crippen molar-refractivity contribution in [2.24, 2.45) is 5.73 Å². The number of hydrogen-bond acceptors (Lipinski definition) is 2. The zero-order chi connectivity index (χ0) is 13.5. The van der Waals surface area contributed by atoms with Gasteiger partial charge in [0.15, 0.2) is 0 Å². The lowest BCUT2D eigenvalue weighted by atomic mass is 10.1. The first-order chi connectivity index (χ1) is 8.51. The van der Waals surface area contributed by atoms with Crippen LogP contribution in [0.4, 0.5) is 0 Å². The molecule has 18 heavy (non-hydrogen) atoms. The highest BCUT2D eigenvalue weighted by atomic mass is 32.1. The van der Waals surface area contributed by atoms with Gasteiger partial charge in [-0.15, -0.1) is 0 Å². The van der Waals surface area contributed by atoms with Crippen molar-refractivity contribution in [1.29, 1.82) is 0 Å². The molecule has 98 valence electrons. The highest BCUT2D eigenvalue weighted by Gasteiger charge is 2.11. The van der Waals surface area contributed by atoms with Gasteiger partial charge >= 0.3 is 0 Å². The predicted octanol–water partition coefficient (Wildman–Crippen LogP) is 2.11. The Kier molecular flexibility index (Phi) is 5.78. The Morgan fingerprint density at radius 3 is 2.78 bits per heavy atom. The van der Waals surface area contributed by atoms with E-state index in [4.69, 9.17) is 18.0 Å².